The predicted molar refractivity (Wildman–Crippen MR) is 98.4 cm³/mol. The first-order chi connectivity index (χ1) is 12.5. The van der Waals surface area contributed by atoms with E-state index in [9.17, 15) is 4.79 Å². The predicted octanol–water partition coefficient (Wildman–Crippen LogP) is 1.62. The van der Waals surface area contributed by atoms with Crippen LogP contribution in [0.1, 0.15) is 30.0 Å². The Morgan fingerprint density at radius 3 is 2.81 bits per heavy atom. The lowest BCUT2D eigenvalue weighted by Gasteiger charge is -2.22. The van der Waals surface area contributed by atoms with Crippen molar-refractivity contribution in [1.29, 1.82) is 0 Å². The second-order valence-electron chi connectivity index (χ2n) is 6.66. The van der Waals surface area contributed by atoms with E-state index in [2.05, 4.69) is 15.7 Å². The molecule has 0 aliphatic carbocycles. The summed E-state index contributed by atoms with van der Waals surface area (Å²) in [6, 6.07) is 5.40. The molecule has 1 aliphatic heterocycles. The Hall–Kier alpha value is -2.54. The molecule has 1 unspecified atom stereocenters. The molecule has 3 rings (SSSR count). The van der Waals surface area contributed by atoms with Gasteiger partial charge < -0.3 is 20.1 Å². The minimum absolute atomic E-state index is 0.0289. The number of ether oxygens (including phenoxy) is 2. The average molecular weight is 358 g/mol. The van der Waals surface area contributed by atoms with E-state index in [-0.39, 0.29) is 23.8 Å². The molecule has 1 aromatic heterocycles. The number of amides is 1. The van der Waals surface area contributed by atoms with Crippen LogP contribution in [0.2, 0.25) is 0 Å². The smallest absolute Gasteiger partial charge is 0.225 e. The summed E-state index contributed by atoms with van der Waals surface area (Å²) in [6.07, 6.45) is 3.82. The Labute approximate surface area is 153 Å². The molecule has 0 spiro atoms. The first-order valence-corrected chi connectivity index (χ1v) is 8.75. The van der Waals surface area contributed by atoms with Crippen LogP contribution in [-0.4, -0.2) is 43.0 Å². The number of rotatable bonds is 6. The standard InChI is InChI=1S/C19H26N4O3/c1-12(15-7-14(25-3)5-6-18(15)26-4)22-19(24)17-10-20-9-16(17)13-8-21-23(2)11-13/h5-8,11-12,16-17,20H,9-10H2,1-4H3,(H,22,24)/t12?,16-,17+/m1/s1. The lowest BCUT2D eigenvalue weighted by atomic mass is 9.90. The summed E-state index contributed by atoms with van der Waals surface area (Å²) in [5.41, 5.74) is 1.98. The number of aromatic nitrogens is 2. The van der Waals surface area contributed by atoms with Gasteiger partial charge in [0.2, 0.25) is 5.91 Å². The van der Waals surface area contributed by atoms with Crippen LogP contribution in [0.25, 0.3) is 0 Å². The summed E-state index contributed by atoms with van der Waals surface area (Å²) in [4.78, 5) is 12.9. The molecule has 3 atom stereocenters. The number of nitrogens with one attached hydrogen (secondary N) is 2. The summed E-state index contributed by atoms with van der Waals surface area (Å²) in [7, 11) is 5.13. The second kappa shape index (κ2) is 7.78. The fraction of sp³-hybridized carbons (Fsp3) is 0.474. The molecule has 7 nitrogen and oxygen atoms in total. The molecular weight excluding hydrogens is 332 g/mol. The van der Waals surface area contributed by atoms with Crippen LogP contribution in [-0.2, 0) is 11.8 Å². The Kier molecular flexibility index (Phi) is 5.46. The normalized spacial score (nSPS) is 20.6. The number of carbonyl (C=O) groups excluding carboxylic acids is 1. The molecule has 2 aromatic rings. The van der Waals surface area contributed by atoms with Crippen LogP contribution in [0.3, 0.4) is 0 Å². The van der Waals surface area contributed by atoms with Crippen LogP contribution >= 0.6 is 0 Å². The molecular formula is C19H26N4O3. The van der Waals surface area contributed by atoms with Gasteiger partial charge in [-0.25, -0.2) is 0 Å². The van der Waals surface area contributed by atoms with Crippen molar-refractivity contribution in [2.45, 2.75) is 18.9 Å². The summed E-state index contributed by atoms with van der Waals surface area (Å²) in [5.74, 6) is 1.49. The van der Waals surface area contributed by atoms with E-state index in [1.807, 2.05) is 44.6 Å². The average Bonchev–Trinajstić information content (AvgIpc) is 3.29. The minimum atomic E-state index is -0.192. The van der Waals surface area contributed by atoms with Gasteiger partial charge in [0, 0.05) is 37.8 Å². The molecule has 140 valence electrons. The van der Waals surface area contributed by atoms with Crippen LogP contribution in [0.5, 0.6) is 11.5 Å². The zero-order valence-electron chi connectivity index (χ0n) is 15.7. The first kappa shape index (κ1) is 18.3. The zero-order valence-corrected chi connectivity index (χ0v) is 15.7. The number of benzene rings is 1. The van der Waals surface area contributed by atoms with Gasteiger partial charge in [-0.2, -0.15) is 5.10 Å². The Balaban J connectivity index is 1.75. The molecule has 0 radical (unpaired) electrons. The van der Waals surface area contributed by atoms with Gasteiger partial charge in [0.1, 0.15) is 11.5 Å². The lowest BCUT2D eigenvalue weighted by Crippen LogP contribution is -2.36. The van der Waals surface area contributed by atoms with E-state index in [0.717, 1.165) is 29.2 Å². The van der Waals surface area contributed by atoms with Gasteiger partial charge in [0.15, 0.2) is 0 Å². The number of hydrogen-bond acceptors (Lipinski definition) is 5. The monoisotopic (exact) mass is 358 g/mol. The molecule has 1 aromatic carbocycles. The summed E-state index contributed by atoms with van der Waals surface area (Å²) >= 11 is 0. The molecule has 26 heavy (non-hydrogen) atoms. The summed E-state index contributed by atoms with van der Waals surface area (Å²) in [5, 5.41) is 10.7. The summed E-state index contributed by atoms with van der Waals surface area (Å²) in [6.45, 7) is 3.39. The van der Waals surface area contributed by atoms with E-state index in [4.69, 9.17) is 9.47 Å². The zero-order chi connectivity index (χ0) is 18.7. The maximum Gasteiger partial charge on any atom is 0.225 e. The molecule has 0 saturated carbocycles. The highest BCUT2D eigenvalue weighted by molar-refractivity contribution is 5.81. The van der Waals surface area contributed by atoms with Gasteiger partial charge in [0.25, 0.3) is 0 Å². The number of hydrogen-bond donors (Lipinski definition) is 2. The third-order valence-electron chi connectivity index (χ3n) is 4.97. The van der Waals surface area contributed by atoms with Crippen molar-refractivity contribution in [3.05, 3.63) is 41.7 Å². The van der Waals surface area contributed by atoms with E-state index in [1.165, 1.54) is 0 Å². The Morgan fingerprint density at radius 2 is 2.15 bits per heavy atom. The maximum atomic E-state index is 12.9. The Morgan fingerprint density at radius 1 is 1.35 bits per heavy atom. The first-order valence-electron chi connectivity index (χ1n) is 8.75. The van der Waals surface area contributed by atoms with Gasteiger partial charge >= 0.3 is 0 Å². The van der Waals surface area contributed by atoms with Crippen LogP contribution in [0.4, 0.5) is 0 Å². The Bertz CT molecular complexity index is 774. The van der Waals surface area contributed by atoms with Crippen molar-refractivity contribution in [1.82, 2.24) is 20.4 Å². The fourth-order valence-electron chi connectivity index (χ4n) is 3.51. The molecule has 1 saturated heterocycles. The van der Waals surface area contributed by atoms with Crippen molar-refractivity contribution < 1.29 is 14.3 Å². The third kappa shape index (κ3) is 3.67. The topological polar surface area (TPSA) is 77.4 Å². The third-order valence-corrected chi connectivity index (χ3v) is 4.97. The fourth-order valence-corrected chi connectivity index (χ4v) is 3.51. The highest BCUT2D eigenvalue weighted by atomic mass is 16.5. The van der Waals surface area contributed by atoms with E-state index in [0.29, 0.717) is 6.54 Å². The second-order valence-corrected chi connectivity index (χ2v) is 6.66. The van der Waals surface area contributed by atoms with Crippen LogP contribution in [0.15, 0.2) is 30.6 Å². The molecule has 7 heteroatoms. The maximum absolute atomic E-state index is 12.9. The highest BCUT2D eigenvalue weighted by Gasteiger charge is 2.35. The largest absolute Gasteiger partial charge is 0.497 e. The molecule has 1 amide bonds. The van der Waals surface area contributed by atoms with Crippen LogP contribution in [0, 0.1) is 5.92 Å². The van der Waals surface area contributed by atoms with Crippen molar-refractivity contribution in [2.24, 2.45) is 13.0 Å². The highest BCUT2D eigenvalue weighted by Crippen LogP contribution is 2.31. The van der Waals surface area contributed by atoms with Crippen molar-refractivity contribution >= 4 is 5.91 Å². The van der Waals surface area contributed by atoms with Crippen molar-refractivity contribution in [3.8, 4) is 11.5 Å². The van der Waals surface area contributed by atoms with Crippen molar-refractivity contribution in [2.75, 3.05) is 27.3 Å². The van der Waals surface area contributed by atoms with Crippen molar-refractivity contribution in [3.63, 3.8) is 0 Å². The van der Waals surface area contributed by atoms with E-state index in [1.54, 1.807) is 18.9 Å². The SMILES string of the molecule is COc1ccc(OC)c(C(C)NC(=O)[C@H]2CNC[C@@H]2c2cnn(C)c2)c1. The minimum Gasteiger partial charge on any atom is -0.497 e. The number of aryl methyl sites for hydroxylation is 1. The van der Waals surface area contributed by atoms with Gasteiger partial charge in [-0.15, -0.1) is 0 Å². The number of methoxy groups -OCH3 is 2. The number of carbonyl (C=O) groups is 1. The van der Waals surface area contributed by atoms with Gasteiger partial charge in [-0.05, 0) is 30.7 Å². The molecule has 2 N–H and O–H groups in total. The quantitative estimate of drug-likeness (QED) is 0.821. The van der Waals surface area contributed by atoms with Gasteiger partial charge in [-0.1, -0.05) is 0 Å². The molecule has 1 fully saturated rings. The summed E-state index contributed by atoms with van der Waals surface area (Å²) < 4.78 is 12.5. The van der Waals surface area contributed by atoms with Gasteiger partial charge in [0.05, 0.1) is 32.4 Å². The molecule has 2 heterocycles. The lowest BCUT2D eigenvalue weighted by molar-refractivity contribution is -0.125. The number of nitrogens with zero attached hydrogens (tertiary/aromatic N) is 2. The van der Waals surface area contributed by atoms with E-state index >= 15 is 0 Å². The van der Waals surface area contributed by atoms with Gasteiger partial charge in [-0.3, -0.25) is 9.48 Å². The van der Waals surface area contributed by atoms with Crippen LogP contribution < -0.4 is 20.1 Å². The van der Waals surface area contributed by atoms with E-state index < -0.39 is 0 Å². The molecule has 1 aliphatic rings. The molecule has 0 bridgehead atoms.